The maximum absolute atomic E-state index is 14.1. The number of benzene rings is 2. The number of hydroxylamine groups is 1. The Morgan fingerprint density at radius 3 is 2.44 bits per heavy atom. The van der Waals surface area contributed by atoms with E-state index in [1.54, 1.807) is 9.08 Å². The second kappa shape index (κ2) is 11.8. The Bertz CT molecular complexity index is 1840. The van der Waals surface area contributed by atoms with E-state index in [0.717, 1.165) is 34.4 Å². The molecule has 5 rings (SSSR count). The summed E-state index contributed by atoms with van der Waals surface area (Å²) in [5.41, 5.74) is 9.27. The molecule has 41 heavy (non-hydrogen) atoms. The van der Waals surface area contributed by atoms with Crippen LogP contribution in [0.15, 0.2) is 68.3 Å². The molecular weight excluding hydrogens is 522 g/mol. The van der Waals surface area contributed by atoms with Crippen LogP contribution in [0.25, 0.3) is 34.0 Å². The number of nitrogens with one attached hydrogen (secondary N) is 2. The molecule has 3 aromatic heterocycles. The number of aromatic nitrogens is 6. The lowest BCUT2D eigenvalue weighted by molar-refractivity contribution is 0.0738. The molecule has 0 fully saturated rings. The summed E-state index contributed by atoms with van der Waals surface area (Å²) < 4.78 is 8.12. The van der Waals surface area contributed by atoms with Crippen LogP contribution in [0.5, 0.6) is 0 Å². The summed E-state index contributed by atoms with van der Waals surface area (Å²) >= 11 is 0. The minimum Gasteiger partial charge on any atom is -0.296 e. The number of nitrogens with zero attached hydrogens (tertiary/aromatic N) is 5. The number of aromatic amines is 1. The van der Waals surface area contributed by atoms with Crippen molar-refractivity contribution in [2.24, 2.45) is 0 Å². The van der Waals surface area contributed by atoms with Gasteiger partial charge in [0, 0.05) is 23.2 Å². The minimum atomic E-state index is -0.604. The van der Waals surface area contributed by atoms with Crippen molar-refractivity contribution >= 4 is 11.5 Å². The molecule has 2 N–H and O–H groups in total. The van der Waals surface area contributed by atoms with Crippen molar-refractivity contribution in [1.82, 2.24) is 34.8 Å². The number of H-pyrrole nitrogens is 1. The van der Waals surface area contributed by atoms with Gasteiger partial charge in [-0.05, 0) is 50.8 Å². The van der Waals surface area contributed by atoms with E-state index in [1.165, 1.54) is 0 Å². The van der Waals surface area contributed by atoms with Gasteiger partial charge < -0.3 is 0 Å². The average molecular weight is 556 g/mol. The van der Waals surface area contributed by atoms with Crippen molar-refractivity contribution in [2.75, 3.05) is 6.61 Å². The number of hydrogen-bond acceptors (Lipinski definition) is 8. The Morgan fingerprint density at radius 2 is 1.78 bits per heavy atom. The summed E-state index contributed by atoms with van der Waals surface area (Å²) in [6.45, 7) is 10.0. The molecule has 0 spiro atoms. The lowest BCUT2D eigenvalue weighted by Gasteiger charge is -2.17. The smallest absolute Gasteiger partial charge is 0.296 e. The molecule has 212 valence electrons. The Balaban J connectivity index is 1.59. The number of fused-ring (bicyclic) bond motifs is 1. The molecule has 0 unspecified atom stereocenters. The normalized spacial score (nSPS) is 12.1. The number of aryl methyl sites for hydroxylation is 2. The van der Waals surface area contributed by atoms with E-state index in [-0.39, 0.29) is 5.56 Å². The maximum atomic E-state index is 14.1. The largest absolute Gasteiger partial charge is 0.439 e. The molecule has 2 aromatic carbocycles. The van der Waals surface area contributed by atoms with Crippen molar-refractivity contribution in [2.45, 2.75) is 53.9 Å². The van der Waals surface area contributed by atoms with Crippen LogP contribution in [-0.2, 0) is 17.7 Å². The van der Waals surface area contributed by atoms with Gasteiger partial charge in [-0.2, -0.15) is 10.1 Å². The molecule has 0 radical (unpaired) electrons. The van der Waals surface area contributed by atoms with Crippen molar-refractivity contribution in [3.05, 3.63) is 97.8 Å². The van der Waals surface area contributed by atoms with Crippen LogP contribution in [0.3, 0.4) is 0 Å². The molecule has 3 heterocycles. The first-order chi connectivity index (χ1) is 19.8. The molecule has 0 bridgehead atoms. The summed E-state index contributed by atoms with van der Waals surface area (Å²) in [6, 6.07) is 15.7. The average Bonchev–Trinajstić information content (AvgIpc) is 3.58. The summed E-state index contributed by atoms with van der Waals surface area (Å²) in [4.78, 5) is 38.3. The number of rotatable bonds is 10. The van der Waals surface area contributed by atoms with Gasteiger partial charge in [-0.1, -0.05) is 67.0 Å². The summed E-state index contributed by atoms with van der Waals surface area (Å²) in [7, 11) is 0. The maximum Gasteiger partial charge on any atom is 0.439 e. The monoisotopic (exact) mass is 555 g/mol. The van der Waals surface area contributed by atoms with E-state index in [2.05, 4.69) is 32.6 Å². The fraction of sp³-hybridized carbons (Fsp3) is 0.300. The highest BCUT2D eigenvalue weighted by Crippen LogP contribution is 2.30. The van der Waals surface area contributed by atoms with Crippen LogP contribution in [0.1, 0.15) is 56.8 Å². The van der Waals surface area contributed by atoms with Crippen LogP contribution >= 0.6 is 0 Å². The Labute approximate surface area is 236 Å². The summed E-state index contributed by atoms with van der Waals surface area (Å²) in [5, 5.41) is 8.52. The quantitative estimate of drug-likeness (QED) is 0.241. The van der Waals surface area contributed by atoms with Crippen molar-refractivity contribution in [3.63, 3.8) is 0 Å². The zero-order valence-corrected chi connectivity index (χ0v) is 23.8. The highest BCUT2D eigenvalue weighted by molar-refractivity contribution is 5.80. The molecule has 0 aliphatic carbocycles. The third kappa shape index (κ3) is 5.48. The Hall–Kier alpha value is -4.77. The molecule has 0 aliphatic heterocycles. The molecule has 5 aromatic rings. The van der Waals surface area contributed by atoms with Gasteiger partial charge in [-0.25, -0.2) is 13.9 Å². The van der Waals surface area contributed by atoms with Crippen molar-refractivity contribution in [3.8, 4) is 22.5 Å². The minimum absolute atomic E-state index is 0.132. The first-order valence-corrected chi connectivity index (χ1v) is 13.6. The van der Waals surface area contributed by atoms with Crippen molar-refractivity contribution < 1.29 is 9.36 Å². The topological polar surface area (TPSA) is 132 Å². The molecule has 0 amide bonds. The third-order valence-electron chi connectivity index (χ3n) is 6.96. The fourth-order valence-corrected chi connectivity index (χ4v) is 4.90. The summed E-state index contributed by atoms with van der Waals surface area (Å²) in [5.74, 6) is 0.834. The van der Waals surface area contributed by atoms with Gasteiger partial charge in [0.2, 0.25) is 5.78 Å². The first-order valence-electron chi connectivity index (χ1n) is 13.6. The van der Waals surface area contributed by atoms with Gasteiger partial charge in [0.15, 0.2) is 5.82 Å². The molecule has 0 saturated heterocycles. The number of allylic oxidation sites excluding steroid dienone is 2. The van der Waals surface area contributed by atoms with Gasteiger partial charge in [0.25, 0.3) is 5.56 Å². The van der Waals surface area contributed by atoms with E-state index < -0.39 is 5.76 Å². The fourth-order valence-electron chi connectivity index (χ4n) is 4.90. The molecule has 11 nitrogen and oxygen atoms in total. The van der Waals surface area contributed by atoms with Gasteiger partial charge in [0.05, 0.1) is 18.0 Å². The Morgan fingerprint density at radius 1 is 1.05 bits per heavy atom. The Kier molecular flexibility index (Phi) is 7.97. The van der Waals surface area contributed by atoms with Crippen LogP contribution in [0.2, 0.25) is 0 Å². The van der Waals surface area contributed by atoms with Crippen LogP contribution < -0.4 is 16.8 Å². The zero-order valence-electron chi connectivity index (χ0n) is 23.8. The van der Waals surface area contributed by atoms with Gasteiger partial charge in [-0.3, -0.25) is 24.6 Å². The SMILES string of the molecule is CCCc1c(Cc2ccc(-c3ccccc3-c3noc(=O)[nH]3)cc2)c(=O)n(/C(C)=C(/C)NOCC)c2nc(C)nn12. The predicted octanol–water partition coefficient (Wildman–Crippen LogP) is 4.50. The van der Waals surface area contributed by atoms with E-state index in [4.69, 9.17) is 9.36 Å². The predicted molar refractivity (Wildman–Crippen MR) is 156 cm³/mol. The summed E-state index contributed by atoms with van der Waals surface area (Å²) in [6.07, 6.45) is 1.96. The van der Waals surface area contributed by atoms with Crippen LogP contribution in [0, 0.1) is 6.92 Å². The second-order valence-electron chi connectivity index (χ2n) is 9.80. The van der Waals surface area contributed by atoms with Crippen LogP contribution in [-0.4, -0.2) is 35.9 Å². The van der Waals surface area contributed by atoms with E-state index in [1.807, 2.05) is 76.2 Å². The van der Waals surface area contributed by atoms with E-state index in [9.17, 15) is 9.59 Å². The van der Waals surface area contributed by atoms with Gasteiger partial charge in [0.1, 0.15) is 5.82 Å². The van der Waals surface area contributed by atoms with Gasteiger partial charge in [-0.15, -0.1) is 0 Å². The first kappa shape index (κ1) is 27.8. The van der Waals surface area contributed by atoms with Crippen LogP contribution in [0.4, 0.5) is 0 Å². The van der Waals surface area contributed by atoms with E-state index >= 15 is 0 Å². The molecule has 0 saturated carbocycles. The third-order valence-corrected chi connectivity index (χ3v) is 6.96. The molecule has 11 heteroatoms. The van der Waals surface area contributed by atoms with Crippen molar-refractivity contribution in [1.29, 1.82) is 0 Å². The lowest BCUT2D eigenvalue weighted by Crippen LogP contribution is -2.30. The standard InChI is InChI=1S/C30H33N7O4/c1-6-10-26-25(28(38)36(19(4)18(3)34-40-7-2)29-31-20(5)33-37(26)29)17-21-13-15-22(16-14-21)23-11-8-9-12-24(23)27-32-30(39)41-35-27/h8-9,11-16,34H,6-7,10,17H2,1-5H3,(H,32,35,39)/b19-18-. The van der Waals surface area contributed by atoms with E-state index in [0.29, 0.717) is 53.8 Å². The zero-order chi connectivity index (χ0) is 29.1. The molecular formula is C30H33N7O4. The lowest BCUT2D eigenvalue weighted by atomic mass is 9.96. The molecule has 0 atom stereocenters. The highest BCUT2D eigenvalue weighted by Gasteiger charge is 2.21. The number of hydrogen-bond donors (Lipinski definition) is 2. The second-order valence-corrected chi connectivity index (χ2v) is 9.80. The van der Waals surface area contributed by atoms with Gasteiger partial charge >= 0.3 is 5.76 Å². The molecule has 0 aliphatic rings. The highest BCUT2D eigenvalue weighted by atomic mass is 16.6.